The largest absolute Gasteiger partial charge is 0.319 e. The molecule has 1 N–H and O–H groups in total. The van der Waals surface area contributed by atoms with E-state index >= 15 is 0 Å². The molecule has 1 aliphatic heterocycles. The van der Waals surface area contributed by atoms with Crippen molar-refractivity contribution in [2.75, 3.05) is 19.3 Å². The van der Waals surface area contributed by atoms with E-state index in [4.69, 9.17) is 0 Å². The highest BCUT2D eigenvalue weighted by atomic mass is 32.2. The summed E-state index contributed by atoms with van der Waals surface area (Å²) in [6.07, 6.45) is 0.882. The van der Waals surface area contributed by atoms with Crippen molar-refractivity contribution in [2.24, 2.45) is 4.99 Å². The van der Waals surface area contributed by atoms with Crippen LogP contribution in [0.3, 0.4) is 0 Å². The van der Waals surface area contributed by atoms with Crippen molar-refractivity contribution >= 4 is 22.7 Å². The predicted molar refractivity (Wildman–Crippen MR) is 43.4 cm³/mol. The molecule has 1 amide bonds. The van der Waals surface area contributed by atoms with Gasteiger partial charge in [0.15, 0.2) is 0 Å². The molecular formula is C6H10N2OS. The van der Waals surface area contributed by atoms with Crippen LogP contribution < -0.4 is 5.32 Å². The number of aliphatic imine (C=N–C) groups is 1. The number of carbonyl (C=O) groups excluding carboxylic acids is 1. The number of thioether (sulfide) groups is 1. The zero-order chi connectivity index (χ0) is 7.40. The summed E-state index contributed by atoms with van der Waals surface area (Å²) in [4.78, 5) is 14.4. The molecule has 0 saturated carbocycles. The first-order valence-corrected chi connectivity index (χ1v) is 4.19. The van der Waals surface area contributed by atoms with Crippen LogP contribution in [0.1, 0.15) is 6.42 Å². The maximum absolute atomic E-state index is 10.6. The zero-order valence-corrected chi connectivity index (χ0v) is 6.70. The molecule has 0 aliphatic carbocycles. The van der Waals surface area contributed by atoms with Gasteiger partial charge in [-0.25, -0.2) is 4.99 Å². The molecule has 0 aromatic carbocycles. The summed E-state index contributed by atoms with van der Waals surface area (Å²) in [5.74, 6) is 0.551. The molecule has 0 spiro atoms. The second-order valence-corrected chi connectivity index (χ2v) is 3.09. The van der Waals surface area contributed by atoms with E-state index in [0.29, 0.717) is 5.75 Å². The van der Waals surface area contributed by atoms with Crippen molar-refractivity contribution in [2.45, 2.75) is 6.42 Å². The van der Waals surface area contributed by atoms with E-state index in [0.717, 1.165) is 18.0 Å². The van der Waals surface area contributed by atoms with Crippen molar-refractivity contribution in [1.29, 1.82) is 0 Å². The Kier molecular flexibility index (Phi) is 2.89. The van der Waals surface area contributed by atoms with Crippen LogP contribution in [-0.4, -0.2) is 30.3 Å². The third-order valence-electron chi connectivity index (χ3n) is 1.20. The lowest BCUT2D eigenvalue weighted by molar-refractivity contribution is -0.115. The van der Waals surface area contributed by atoms with Crippen molar-refractivity contribution < 1.29 is 4.79 Å². The van der Waals surface area contributed by atoms with Gasteiger partial charge in [0.05, 0.1) is 10.8 Å². The first-order chi connectivity index (χ1) is 4.83. The number of nitrogens with one attached hydrogen (secondary N) is 1. The zero-order valence-electron chi connectivity index (χ0n) is 5.89. The second-order valence-electron chi connectivity index (χ2n) is 2.04. The van der Waals surface area contributed by atoms with Crippen LogP contribution in [0.4, 0.5) is 0 Å². The maximum atomic E-state index is 10.6. The Labute approximate surface area is 64.3 Å². The summed E-state index contributed by atoms with van der Waals surface area (Å²) in [5.41, 5.74) is 0. The number of hydrogen-bond acceptors (Lipinski definition) is 3. The van der Waals surface area contributed by atoms with Gasteiger partial charge in [-0.3, -0.25) is 4.79 Å². The number of nitrogens with zero attached hydrogens (tertiary/aromatic N) is 1. The Hall–Kier alpha value is -0.350. The smallest absolute Gasteiger partial charge is 0.256 e. The fourth-order valence-corrected chi connectivity index (χ4v) is 1.48. The molecule has 1 aliphatic rings. The fraction of sp³-hybridized carbons (Fsp3) is 0.667. The van der Waals surface area contributed by atoms with Crippen molar-refractivity contribution in [3.63, 3.8) is 0 Å². The molecule has 1 rings (SSSR count). The van der Waals surface area contributed by atoms with Crippen molar-refractivity contribution in [3.8, 4) is 0 Å². The Morgan fingerprint density at radius 1 is 1.80 bits per heavy atom. The molecule has 1 heterocycles. The minimum atomic E-state index is 0.0103. The van der Waals surface area contributed by atoms with Gasteiger partial charge in [0.25, 0.3) is 5.91 Å². The minimum absolute atomic E-state index is 0.0103. The van der Waals surface area contributed by atoms with E-state index in [1.54, 1.807) is 11.8 Å². The van der Waals surface area contributed by atoms with Gasteiger partial charge in [0.1, 0.15) is 0 Å². The normalized spacial score (nSPS) is 17.7. The second kappa shape index (κ2) is 3.73. The molecule has 0 aromatic heterocycles. The highest BCUT2D eigenvalue weighted by Crippen LogP contribution is 2.14. The summed E-state index contributed by atoms with van der Waals surface area (Å²) in [6.45, 7) is 0.902. The number of rotatable bonds is 3. The van der Waals surface area contributed by atoms with Crippen LogP contribution in [-0.2, 0) is 4.79 Å². The molecule has 0 radical (unpaired) electrons. The molecule has 10 heavy (non-hydrogen) atoms. The van der Waals surface area contributed by atoms with Crippen LogP contribution in [0.15, 0.2) is 4.99 Å². The van der Waals surface area contributed by atoms with Crippen LogP contribution in [0.2, 0.25) is 0 Å². The SMILES string of the molecule is CNCCC1=NC(=O)CS1. The highest BCUT2D eigenvalue weighted by Gasteiger charge is 2.12. The maximum Gasteiger partial charge on any atom is 0.256 e. The molecule has 0 atom stereocenters. The monoisotopic (exact) mass is 158 g/mol. The number of amides is 1. The van der Waals surface area contributed by atoms with Gasteiger partial charge < -0.3 is 5.32 Å². The van der Waals surface area contributed by atoms with Crippen molar-refractivity contribution in [1.82, 2.24) is 5.32 Å². The van der Waals surface area contributed by atoms with Gasteiger partial charge in [0.2, 0.25) is 0 Å². The summed E-state index contributed by atoms with van der Waals surface area (Å²) in [5, 5.41) is 3.98. The first kappa shape index (κ1) is 7.75. The third-order valence-corrected chi connectivity index (χ3v) is 2.22. The highest BCUT2D eigenvalue weighted by molar-refractivity contribution is 8.15. The lowest BCUT2D eigenvalue weighted by Gasteiger charge is -1.95. The summed E-state index contributed by atoms with van der Waals surface area (Å²) < 4.78 is 0. The van der Waals surface area contributed by atoms with E-state index in [-0.39, 0.29) is 5.91 Å². The summed E-state index contributed by atoms with van der Waals surface area (Å²) in [6, 6.07) is 0. The lowest BCUT2D eigenvalue weighted by Crippen LogP contribution is -2.10. The quantitative estimate of drug-likeness (QED) is 0.641. The van der Waals surface area contributed by atoms with Gasteiger partial charge in [-0.15, -0.1) is 11.8 Å². The third kappa shape index (κ3) is 2.11. The van der Waals surface area contributed by atoms with Gasteiger partial charge >= 0.3 is 0 Å². The Balaban J connectivity index is 2.28. The molecule has 0 unspecified atom stereocenters. The first-order valence-electron chi connectivity index (χ1n) is 3.20. The van der Waals surface area contributed by atoms with Crippen molar-refractivity contribution in [3.05, 3.63) is 0 Å². The van der Waals surface area contributed by atoms with Crippen LogP contribution in [0.5, 0.6) is 0 Å². The molecule has 0 saturated heterocycles. The predicted octanol–water partition coefficient (Wildman–Crippen LogP) is 0.268. The van der Waals surface area contributed by atoms with E-state index in [2.05, 4.69) is 10.3 Å². The Morgan fingerprint density at radius 2 is 2.60 bits per heavy atom. The van der Waals surface area contributed by atoms with Crippen LogP contribution in [0, 0.1) is 0 Å². The molecule has 0 aromatic rings. The van der Waals surface area contributed by atoms with E-state index in [1.165, 1.54) is 0 Å². The number of carbonyl (C=O) groups is 1. The van der Waals surface area contributed by atoms with E-state index in [9.17, 15) is 4.79 Å². The number of hydrogen-bond donors (Lipinski definition) is 1. The molecule has 0 fully saturated rings. The lowest BCUT2D eigenvalue weighted by atomic mass is 10.4. The summed E-state index contributed by atoms with van der Waals surface area (Å²) in [7, 11) is 1.89. The molecule has 0 bridgehead atoms. The molecular weight excluding hydrogens is 148 g/mol. The van der Waals surface area contributed by atoms with Gasteiger partial charge in [-0.2, -0.15) is 0 Å². The fourth-order valence-electron chi connectivity index (χ4n) is 0.709. The van der Waals surface area contributed by atoms with Gasteiger partial charge in [-0.05, 0) is 7.05 Å². The summed E-state index contributed by atoms with van der Waals surface area (Å²) >= 11 is 1.55. The van der Waals surface area contributed by atoms with Gasteiger partial charge in [0, 0.05) is 13.0 Å². The molecule has 56 valence electrons. The van der Waals surface area contributed by atoms with E-state index in [1.807, 2.05) is 7.05 Å². The Bertz CT molecular complexity index is 167. The average molecular weight is 158 g/mol. The Morgan fingerprint density at radius 3 is 3.10 bits per heavy atom. The average Bonchev–Trinajstić information content (AvgIpc) is 2.31. The topological polar surface area (TPSA) is 41.5 Å². The molecule has 4 heteroatoms. The van der Waals surface area contributed by atoms with Gasteiger partial charge in [-0.1, -0.05) is 0 Å². The van der Waals surface area contributed by atoms with Crippen LogP contribution in [0.25, 0.3) is 0 Å². The molecule has 3 nitrogen and oxygen atoms in total. The standard InChI is InChI=1S/C6H10N2OS/c1-7-3-2-6-8-5(9)4-10-6/h7H,2-4H2,1H3. The van der Waals surface area contributed by atoms with E-state index < -0.39 is 0 Å². The van der Waals surface area contributed by atoms with Crippen LogP contribution >= 0.6 is 11.8 Å². The minimum Gasteiger partial charge on any atom is -0.319 e.